The lowest BCUT2D eigenvalue weighted by Gasteiger charge is -2.24. The average molecular weight is 387 g/mol. The van der Waals surface area contributed by atoms with Crippen molar-refractivity contribution in [1.82, 2.24) is 15.0 Å². The van der Waals surface area contributed by atoms with E-state index in [2.05, 4.69) is 67.3 Å². The Labute approximate surface area is 170 Å². The predicted molar refractivity (Wildman–Crippen MR) is 115 cm³/mol. The second-order valence-electron chi connectivity index (χ2n) is 7.44. The van der Waals surface area contributed by atoms with Gasteiger partial charge in [0.05, 0.1) is 24.4 Å². The highest BCUT2D eigenvalue weighted by atomic mass is 16.5. The predicted octanol–water partition coefficient (Wildman–Crippen LogP) is 5.40. The van der Waals surface area contributed by atoms with Gasteiger partial charge < -0.3 is 9.26 Å². The van der Waals surface area contributed by atoms with Gasteiger partial charge in [-0.25, -0.2) is 4.98 Å². The van der Waals surface area contributed by atoms with Gasteiger partial charge >= 0.3 is 0 Å². The number of hydrogen-bond acceptors (Lipinski definition) is 5. The van der Waals surface area contributed by atoms with Crippen LogP contribution in [0.3, 0.4) is 0 Å². The summed E-state index contributed by atoms with van der Waals surface area (Å²) in [6, 6.07) is 18.8. The summed E-state index contributed by atoms with van der Waals surface area (Å²) in [5.41, 5.74) is 6.37. The van der Waals surface area contributed by atoms with Crippen LogP contribution < -0.4 is 4.74 Å². The summed E-state index contributed by atoms with van der Waals surface area (Å²) in [6.45, 7) is 4.96. The van der Waals surface area contributed by atoms with Crippen LogP contribution in [0.15, 0.2) is 65.4 Å². The van der Waals surface area contributed by atoms with Crippen LogP contribution in [0.1, 0.15) is 29.8 Å². The molecular weight excluding hydrogens is 362 g/mol. The number of fused-ring (bicyclic) bond motifs is 1. The zero-order chi connectivity index (χ0) is 20.4. The fraction of sp³-hybridized carbons (Fsp3) is 0.250. The van der Waals surface area contributed by atoms with Crippen LogP contribution in [0, 0.1) is 6.92 Å². The molecule has 29 heavy (non-hydrogen) atoms. The lowest BCUT2D eigenvalue weighted by molar-refractivity contribution is 0.241. The SMILES string of the molecule is COc1ccc(-c2nc3cc(C)ccc3cc2CN(C)C(C)c2ccon2)cc1. The van der Waals surface area contributed by atoms with Crippen molar-refractivity contribution in [1.29, 1.82) is 0 Å². The first kappa shape index (κ1) is 19.2. The van der Waals surface area contributed by atoms with E-state index in [1.165, 1.54) is 11.1 Å². The molecule has 0 aliphatic carbocycles. The summed E-state index contributed by atoms with van der Waals surface area (Å²) in [5, 5.41) is 5.24. The molecule has 5 heteroatoms. The van der Waals surface area contributed by atoms with E-state index in [1.54, 1.807) is 13.4 Å². The summed E-state index contributed by atoms with van der Waals surface area (Å²) in [5.74, 6) is 0.837. The maximum Gasteiger partial charge on any atom is 0.124 e. The number of aryl methyl sites for hydroxylation is 1. The number of benzene rings is 2. The first-order valence-corrected chi connectivity index (χ1v) is 9.70. The highest BCUT2D eigenvalue weighted by Gasteiger charge is 2.18. The molecular formula is C24H25N3O2. The molecule has 4 aromatic rings. The molecule has 0 bridgehead atoms. The zero-order valence-electron chi connectivity index (χ0n) is 17.2. The second kappa shape index (κ2) is 8.05. The molecule has 0 aliphatic heterocycles. The third-order valence-electron chi connectivity index (χ3n) is 5.38. The fourth-order valence-corrected chi connectivity index (χ4v) is 3.51. The van der Waals surface area contributed by atoms with Crippen LogP contribution in [-0.4, -0.2) is 29.2 Å². The normalized spacial score (nSPS) is 12.4. The van der Waals surface area contributed by atoms with Crippen LogP contribution in [0.25, 0.3) is 22.2 Å². The van der Waals surface area contributed by atoms with E-state index in [4.69, 9.17) is 14.2 Å². The number of nitrogens with zero attached hydrogens (tertiary/aromatic N) is 3. The highest BCUT2D eigenvalue weighted by Crippen LogP contribution is 2.30. The van der Waals surface area contributed by atoms with Crippen molar-refractivity contribution in [3.05, 3.63) is 77.7 Å². The third kappa shape index (κ3) is 4.00. The van der Waals surface area contributed by atoms with E-state index < -0.39 is 0 Å². The minimum absolute atomic E-state index is 0.131. The van der Waals surface area contributed by atoms with E-state index in [9.17, 15) is 0 Å². The summed E-state index contributed by atoms with van der Waals surface area (Å²) in [7, 11) is 3.77. The first-order chi connectivity index (χ1) is 14.0. The topological polar surface area (TPSA) is 51.4 Å². The van der Waals surface area contributed by atoms with Gasteiger partial charge in [0, 0.05) is 23.6 Å². The third-order valence-corrected chi connectivity index (χ3v) is 5.38. The van der Waals surface area contributed by atoms with E-state index in [0.29, 0.717) is 0 Å². The minimum atomic E-state index is 0.131. The Bertz CT molecular complexity index is 1110. The molecule has 0 radical (unpaired) electrons. The lowest BCUT2D eigenvalue weighted by atomic mass is 10.0. The molecule has 2 aromatic carbocycles. The molecule has 4 rings (SSSR count). The highest BCUT2D eigenvalue weighted by molar-refractivity contribution is 5.84. The Morgan fingerprint density at radius 3 is 2.55 bits per heavy atom. The van der Waals surface area contributed by atoms with Gasteiger partial charge in [0.1, 0.15) is 17.7 Å². The van der Waals surface area contributed by atoms with Crippen LogP contribution in [0.2, 0.25) is 0 Å². The van der Waals surface area contributed by atoms with Crippen molar-refractivity contribution < 1.29 is 9.26 Å². The molecule has 2 aromatic heterocycles. The first-order valence-electron chi connectivity index (χ1n) is 9.70. The van der Waals surface area contributed by atoms with Crippen LogP contribution in [-0.2, 0) is 6.54 Å². The van der Waals surface area contributed by atoms with Gasteiger partial charge in [-0.3, -0.25) is 4.90 Å². The van der Waals surface area contributed by atoms with Gasteiger partial charge in [-0.1, -0.05) is 17.3 Å². The molecule has 0 spiro atoms. The van der Waals surface area contributed by atoms with Crippen molar-refractivity contribution in [3.8, 4) is 17.0 Å². The summed E-state index contributed by atoms with van der Waals surface area (Å²) in [6.07, 6.45) is 1.61. The Hall–Kier alpha value is -3.18. The molecule has 5 nitrogen and oxygen atoms in total. The molecule has 0 saturated carbocycles. The van der Waals surface area contributed by atoms with Crippen molar-refractivity contribution in [2.24, 2.45) is 0 Å². The number of pyridine rings is 1. The molecule has 0 aliphatic rings. The van der Waals surface area contributed by atoms with Crippen molar-refractivity contribution >= 4 is 10.9 Å². The monoisotopic (exact) mass is 387 g/mol. The maximum absolute atomic E-state index is 5.31. The zero-order valence-corrected chi connectivity index (χ0v) is 17.2. The number of ether oxygens (including phenoxy) is 1. The smallest absolute Gasteiger partial charge is 0.124 e. The molecule has 0 fully saturated rings. The van der Waals surface area contributed by atoms with Crippen LogP contribution in [0.4, 0.5) is 0 Å². The number of aromatic nitrogens is 2. The van der Waals surface area contributed by atoms with Gasteiger partial charge in [-0.05, 0) is 68.4 Å². The Balaban J connectivity index is 1.76. The van der Waals surface area contributed by atoms with Gasteiger partial charge in [0.15, 0.2) is 0 Å². The molecule has 0 amide bonds. The lowest BCUT2D eigenvalue weighted by Crippen LogP contribution is -2.22. The molecule has 1 unspecified atom stereocenters. The summed E-state index contributed by atoms with van der Waals surface area (Å²) in [4.78, 5) is 7.29. The molecule has 1 atom stereocenters. The largest absolute Gasteiger partial charge is 0.497 e. The Morgan fingerprint density at radius 2 is 1.86 bits per heavy atom. The van der Waals surface area contributed by atoms with Gasteiger partial charge in [0.2, 0.25) is 0 Å². The van der Waals surface area contributed by atoms with Crippen molar-refractivity contribution in [2.75, 3.05) is 14.2 Å². The maximum atomic E-state index is 5.31. The number of rotatable bonds is 6. The Morgan fingerprint density at radius 1 is 1.07 bits per heavy atom. The number of methoxy groups -OCH3 is 1. The molecule has 2 heterocycles. The molecule has 0 saturated heterocycles. The van der Waals surface area contributed by atoms with Crippen molar-refractivity contribution in [3.63, 3.8) is 0 Å². The van der Waals surface area contributed by atoms with Gasteiger partial charge in [-0.15, -0.1) is 0 Å². The van der Waals surface area contributed by atoms with Gasteiger partial charge in [0.25, 0.3) is 0 Å². The van der Waals surface area contributed by atoms with E-state index >= 15 is 0 Å². The van der Waals surface area contributed by atoms with Crippen LogP contribution >= 0.6 is 0 Å². The fourth-order valence-electron chi connectivity index (χ4n) is 3.51. The molecule has 148 valence electrons. The standard InChI is InChI=1S/C24H25N3O2/c1-16-5-6-19-14-20(15-27(3)17(2)22-11-12-29-26-22)24(25-23(19)13-16)18-7-9-21(28-4)10-8-18/h5-14,17H,15H2,1-4H3. The molecule has 0 N–H and O–H groups in total. The Kier molecular flexibility index (Phi) is 5.32. The number of hydrogen-bond donors (Lipinski definition) is 0. The van der Waals surface area contributed by atoms with Crippen molar-refractivity contribution in [2.45, 2.75) is 26.4 Å². The van der Waals surface area contributed by atoms with E-state index in [1.807, 2.05) is 18.2 Å². The van der Waals surface area contributed by atoms with E-state index in [0.717, 1.165) is 40.1 Å². The van der Waals surface area contributed by atoms with E-state index in [-0.39, 0.29) is 6.04 Å². The minimum Gasteiger partial charge on any atom is -0.497 e. The quantitative estimate of drug-likeness (QED) is 0.443. The van der Waals surface area contributed by atoms with Gasteiger partial charge in [-0.2, -0.15) is 0 Å². The second-order valence-corrected chi connectivity index (χ2v) is 7.44. The average Bonchev–Trinajstić information content (AvgIpc) is 3.28. The summed E-state index contributed by atoms with van der Waals surface area (Å²) < 4.78 is 10.3. The van der Waals surface area contributed by atoms with Crippen LogP contribution in [0.5, 0.6) is 5.75 Å². The summed E-state index contributed by atoms with van der Waals surface area (Å²) >= 11 is 0.